The molecule has 5 heteroatoms. The number of para-hydroxylation sites is 1. The maximum Gasteiger partial charge on any atom is 0.156 e. The second kappa shape index (κ2) is 8.97. The highest BCUT2D eigenvalue weighted by atomic mass is 15.4. The van der Waals surface area contributed by atoms with Crippen molar-refractivity contribution >= 4 is 16.9 Å². The Balaban J connectivity index is 2.41. The van der Waals surface area contributed by atoms with Crippen LogP contribution >= 0.6 is 0 Å². The highest BCUT2D eigenvalue weighted by Gasteiger charge is 2.11. The van der Waals surface area contributed by atoms with Gasteiger partial charge in [0.15, 0.2) is 5.84 Å². The van der Waals surface area contributed by atoms with E-state index in [4.69, 9.17) is 10.7 Å². The van der Waals surface area contributed by atoms with Crippen LogP contribution in [0.25, 0.3) is 11.0 Å². The number of benzene rings is 1. The van der Waals surface area contributed by atoms with Crippen LogP contribution in [0.4, 0.5) is 0 Å². The SMILES string of the molecule is C=C(N=C(/C=C\C(C)=C\N)n1nnc2ccccc21)C(C)CCCC. The molecular weight excluding hydrogens is 310 g/mol. The number of nitrogens with zero attached hydrogens (tertiary/aromatic N) is 4. The molecule has 1 aromatic carbocycles. The predicted octanol–water partition coefficient (Wildman–Crippen LogP) is 4.44. The minimum Gasteiger partial charge on any atom is -0.404 e. The summed E-state index contributed by atoms with van der Waals surface area (Å²) in [4.78, 5) is 4.76. The lowest BCUT2D eigenvalue weighted by Crippen LogP contribution is -2.13. The third-order valence-electron chi connectivity index (χ3n) is 4.14. The number of fused-ring (bicyclic) bond motifs is 1. The molecule has 0 radical (unpaired) electrons. The van der Waals surface area contributed by atoms with E-state index < -0.39 is 0 Å². The molecule has 1 aromatic heterocycles. The molecule has 0 bridgehead atoms. The topological polar surface area (TPSA) is 69.1 Å². The van der Waals surface area contributed by atoms with Crippen LogP contribution in [0.5, 0.6) is 0 Å². The fourth-order valence-electron chi connectivity index (χ4n) is 2.39. The summed E-state index contributed by atoms with van der Waals surface area (Å²) in [6, 6.07) is 7.83. The van der Waals surface area contributed by atoms with Crippen LogP contribution in [0, 0.1) is 5.92 Å². The Bertz CT molecular complexity index is 810. The molecule has 25 heavy (non-hydrogen) atoms. The zero-order valence-corrected chi connectivity index (χ0v) is 15.3. The Morgan fingerprint density at radius 2 is 2.12 bits per heavy atom. The minimum atomic E-state index is 0.323. The van der Waals surface area contributed by atoms with Gasteiger partial charge in [0.1, 0.15) is 5.52 Å². The number of aromatic nitrogens is 3. The summed E-state index contributed by atoms with van der Waals surface area (Å²) in [6.45, 7) is 10.4. The van der Waals surface area contributed by atoms with Gasteiger partial charge in [-0.15, -0.1) is 5.10 Å². The molecule has 0 saturated heterocycles. The lowest BCUT2D eigenvalue weighted by atomic mass is 10.0. The van der Waals surface area contributed by atoms with Gasteiger partial charge in [-0.25, -0.2) is 4.99 Å². The highest BCUT2D eigenvalue weighted by Crippen LogP contribution is 2.18. The maximum atomic E-state index is 5.57. The fraction of sp³-hybridized carbons (Fsp3) is 0.350. The Hall–Kier alpha value is -2.69. The van der Waals surface area contributed by atoms with Gasteiger partial charge in [0.05, 0.1) is 5.52 Å². The average molecular weight is 337 g/mol. The largest absolute Gasteiger partial charge is 0.404 e. The highest BCUT2D eigenvalue weighted by molar-refractivity contribution is 6.00. The van der Waals surface area contributed by atoms with Gasteiger partial charge in [-0.2, -0.15) is 4.68 Å². The van der Waals surface area contributed by atoms with E-state index >= 15 is 0 Å². The number of nitrogens with two attached hydrogens (primary N) is 1. The Labute approximate surface area is 149 Å². The van der Waals surface area contributed by atoms with Gasteiger partial charge < -0.3 is 5.73 Å². The maximum absolute atomic E-state index is 5.57. The van der Waals surface area contributed by atoms with Crippen LogP contribution in [0.15, 0.2) is 65.5 Å². The number of allylic oxidation sites excluding steroid dienone is 4. The number of hydrogen-bond donors (Lipinski definition) is 1. The molecule has 0 amide bonds. The van der Waals surface area contributed by atoms with Crippen LogP contribution in [-0.2, 0) is 0 Å². The van der Waals surface area contributed by atoms with Gasteiger partial charge in [-0.3, -0.25) is 0 Å². The van der Waals surface area contributed by atoms with E-state index in [9.17, 15) is 0 Å². The zero-order chi connectivity index (χ0) is 18.2. The molecule has 1 unspecified atom stereocenters. The normalized spacial score (nSPS) is 14.4. The second-order valence-electron chi connectivity index (χ2n) is 6.24. The third-order valence-corrected chi connectivity index (χ3v) is 4.14. The first kappa shape index (κ1) is 18.6. The van der Waals surface area contributed by atoms with Crippen molar-refractivity contribution in [2.75, 3.05) is 0 Å². The number of aliphatic imine (C=N–C) groups is 1. The van der Waals surface area contributed by atoms with E-state index in [0.717, 1.165) is 28.7 Å². The van der Waals surface area contributed by atoms with E-state index in [2.05, 4.69) is 30.7 Å². The van der Waals surface area contributed by atoms with Crippen LogP contribution < -0.4 is 5.73 Å². The Kier molecular flexibility index (Phi) is 6.69. The molecule has 132 valence electrons. The summed E-state index contributed by atoms with van der Waals surface area (Å²) in [5.74, 6) is 1.01. The molecule has 0 aliphatic rings. The number of hydrogen-bond acceptors (Lipinski definition) is 4. The van der Waals surface area contributed by atoms with Crippen molar-refractivity contribution in [1.82, 2.24) is 15.0 Å². The molecule has 5 nitrogen and oxygen atoms in total. The molecule has 2 rings (SSSR count). The van der Waals surface area contributed by atoms with Crippen molar-refractivity contribution in [3.05, 3.63) is 60.5 Å². The van der Waals surface area contributed by atoms with E-state index in [-0.39, 0.29) is 0 Å². The van der Waals surface area contributed by atoms with Gasteiger partial charge in [0, 0.05) is 5.70 Å². The first-order chi connectivity index (χ1) is 12.1. The predicted molar refractivity (Wildman–Crippen MR) is 105 cm³/mol. The fourth-order valence-corrected chi connectivity index (χ4v) is 2.39. The number of unbranched alkanes of at least 4 members (excludes halogenated alkanes) is 1. The van der Waals surface area contributed by atoms with Crippen LogP contribution in [-0.4, -0.2) is 20.8 Å². The molecule has 0 saturated carbocycles. The molecule has 0 spiro atoms. The lowest BCUT2D eigenvalue weighted by Gasteiger charge is -2.12. The van der Waals surface area contributed by atoms with Gasteiger partial charge in [-0.1, -0.05) is 56.7 Å². The smallest absolute Gasteiger partial charge is 0.156 e. The Morgan fingerprint density at radius 1 is 1.36 bits per heavy atom. The molecule has 0 aliphatic carbocycles. The lowest BCUT2D eigenvalue weighted by molar-refractivity contribution is 0.569. The van der Waals surface area contributed by atoms with E-state index in [1.165, 1.54) is 12.8 Å². The van der Waals surface area contributed by atoms with Crippen molar-refractivity contribution in [1.29, 1.82) is 0 Å². The van der Waals surface area contributed by atoms with E-state index in [1.807, 2.05) is 43.3 Å². The van der Waals surface area contributed by atoms with Gasteiger partial charge in [-0.05, 0) is 49.2 Å². The summed E-state index contributed by atoms with van der Waals surface area (Å²) in [6.07, 6.45) is 8.79. The molecule has 1 heterocycles. The van der Waals surface area contributed by atoms with Crippen molar-refractivity contribution in [3.8, 4) is 0 Å². The summed E-state index contributed by atoms with van der Waals surface area (Å²) in [7, 11) is 0. The number of rotatable bonds is 7. The van der Waals surface area contributed by atoms with Crippen molar-refractivity contribution < 1.29 is 0 Å². The van der Waals surface area contributed by atoms with E-state index in [0.29, 0.717) is 11.8 Å². The standard InChI is InChI=1S/C20H27N5/c1-5-6-9-16(3)17(4)22-20(13-12-15(2)14-21)25-19-11-8-7-10-18(19)23-24-25/h7-8,10-14,16H,4-6,9,21H2,1-3H3/b13-12-,15-14+,22-20?. The summed E-state index contributed by atoms with van der Waals surface area (Å²) >= 11 is 0. The van der Waals surface area contributed by atoms with Gasteiger partial charge in [0.25, 0.3) is 0 Å². The summed E-state index contributed by atoms with van der Waals surface area (Å²) in [5, 5.41) is 8.48. The van der Waals surface area contributed by atoms with E-state index in [1.54, 1.807) is 10.9 Å². The van der Waals surface area contributed by atoms with Crippen molar-refractivity contribution in [3.63, 3.8) is 0 Å². The first-order valence-corrected chi connectivity index (χ1v) is 8.71. The minimum absolute atomic E-state index is 0.323. The summed E-state index contributed by atoms with van der Waals surface area (Å²) in [5.41, 5.74) is 9.11. The molecule has 2 aromatic rings. The van der Waals surface area contributed by atoms with Crippen LogP contribution in [0.2, 0.25) is 0 Å². The molecule has 0 aliphatic heterocycles. The zero-order valence-electron chi connectivity index (χ0n) is 15.3. The quantitative estimate of drug-likeness (QED) is 0.461. The monoisotopic (exact) mass is 337 g/mol. The molecular formula is C20H27N5. The molecule has 2 N–H and O–H groups in total. The van der Waals surface area contributed by atoms with Crippen LogP contribution in [0.1, 0.15) is 40.0 Å². The first-order valence-electron chi connectivity index (χ1n) is 8.71. The summed E-state index contributed by atoms with van der Waals surface area (Å²) < 4.78 is 1.74. The van der Waals surface area contributed by atoms with Crippen LogP contribution in [0.3, 0.4) is 0 Å². The average Bonchev–Trinajstić information content (AvgIpc) is 3.06. The Morgan fingerprint density at radius 3 is 2.84 bits per heavy atom. The van der Waals surface area contributed by atoms with Crippen molar-refractivity contribution in [2.45, 2.75) is 40.0 Å². The van der Waals surface area contributed by atoms with Gasteiger partial charge in [0.2, 0.25) is 0 Å². The second-order valence-corrected chi connectivity index (χ2v) is 6.24. The van der Waals surface area contributed by atoms with Gasteiger partial charge >= 0.3 is 0 Å². The molecule has 1 atom stereocenters. The van der Waals surface area contributed by atoms with Crippen molar-refractivity contribution in [2.24, 2.45) is 16.6 Å². The third kappa shape index (κ3) is 4.89. The molecule has 0 fully saturated rings.